The summed E-state index contributed by atoms with van der Waals surface area (Å²) in [5.74, 6) is -0.236. The van der Waals surface area contributed by atoms with Gasteiger partial charge in [-0.15, -0.1) is 0 Å². The molecule has 0 aromatic heterocycles. The van der Waals surface area contributed by atoms with Gasteiger partial charge < -0.3 is 10.2 Å². The fourth-order valence-electron chi connectivity index (χ4n) is 2.71. The van der Waals surface area contributed by atoms with Crippen LogP contribution in [0.15, 0.2) is 18.2 Å². The third kappa shape index (κ3) is 4.03. The third-order valence-corrected chi connectivity index (χ3v) is 3.88. The molecule has 0 aliphatic carbocycles. The van der Waals surface area contributed by atoms with Crippen molar-refractivity contribution in [2.45, 2.75) is 38.8 Å². The highest BCUT2D eigenvalue weighted by Gasteiger charge is 2.18. The van der Waals surface area contributed by atoms with Gasteiger partial charge in [-0.1, -0.05) is 6.92 Å². The van der Waals surface area contributed by atoms with E-state index < -0.39 is 0 Å². The van der Waals surface area contributed by atoms with E-state index in [0.29, 0.717) is 23.7 Å². The Morgan fingerprint density at radius 3 is 2.80 bits per heavy atom. The van der Waals surface area contributed by atoms with Gasteiger partial charge in [0.05, 0.1) is 11.6 Å². The predicted molar refractivity (Wildman–Crippen MR) is 77.7 cm³/mol. The highest BCUT2D eigenvalue weighted by atomic mass is 19.1. The van der Waals surface area contributed by atoms with E-state index in [-0.39, 0.29) is 5.82 Å². The van der Waals surface area contributed by atoms with E-state index in [1.165, 1.54) is 25.1 Å². The molecule has 1 heterocycles. The van der Waals surface area contributed by atoms with Crippen molar-refractivity contribution in [1.82, 2.24) is 10.2 Å². The molecule has 0 unspecified atom stereocenters. The van der Waals surface area contributed by atoms with E-state index >= 15 is 0 Å². The lowest BCUT2D eigenvalue weighted by Gasteiger charge is -2.32. The largest absolute Gasteiger partial charge is 0.310 e. The molecule has 0 saturated carbocycles. The SMILES string of the molecule is CCCN1CCC(NCc2cc(C#N)ccc2F)CC1. The van der Waals surface area contributed by atoms with Crippen LogP contribution in [0.3, 0.4) is 0 Å². The van der Waals surface area contributed by atoms with Gasteiger partial charge in [0.25, 0.3) is 0 Å². The van der Waals surface area contributed by atoms with Crippen molar-refractivity contribution in [3.05, 3.63) is 35.1 Å². The molecule has 1 aliphatic heterocycles. The summed E-state index contributed by atoms with van der Waals surface area (Å²) in [4.78, 5) is 2.48. The van der Waals surface area contributed by atoms with Gasteiger partial charge in [-0.25, -0.2) is 4.39 Å². The van der Waals surface area contributed by atoms with Gasteiger partial charge in [-0.3, -0.25) is 0 Å². The van der Waals surface area contributed by atoms with E-state index in [1.807, 2.05) is 0 Å². The van der Waals surface area contributed by atoms with Crippen LogP contribution in [0.5, 0.6) is 0 Å². The van der Waals surface area contributed by atoms with E-state index in [4.69, 9.17) is 5.26 Å². The Balaban J connectivity index is 1.83. The number of rotatable bonds is 5. The van der Waals surface area contributed by atoms with Crippen LogP contribution < -0.4 is 5.32 Å². The number of benzene rings is 1. The van der Waals surface area contributed by atoms with Crippen molar-refractivity contribution in [1.29, 1.82) is 5.26 Å². The highest BCUT2D eigenvalue weighted by Crippen LogP contribution is 2.14. The molecule has 108 valence electrons. The molecule has 0 spiro atoms. The van der Waals surface area contributed by atoms with Gasteiger partial charge in [-0.2, -0.15) is 5.26 Å². The summed E-state index contributed by atoms with van der Waals surface area (Å²) in [6.07, 6.45) is 3.42. The second-order valence-corrected chi connectivity index (χ2v) is 5.41. The summed E-state index contributed by atoms with van der Waals surface area (Å²) < 4.78 is 13.7. The topological polar surface area (TPSA) is 39.1 Å². The molecule has 1 aromatic rings. The van der Waals surface area contributed by atoms with Crippen LogP contribution in [0.25, 0.3) is 0 Å². The van der Waals surface area contributed by atoms with Gasteiger partial charge in [-0.05, 0) is 57.1 Å². The smallest absolute Gasteiger partial charge is 0.127 e. The average Bonchev–Trinajstić information content (AvgIpc) is 2.48. The molecule has 1 saturated heterocycles. The Morgan fingerprint density at radius 1 is 1.40 bits per heavy atom. The number of halogens is 1. The van der Waals surface area contributed by atoms with Crippen molar-refractivity contribution >= 4 is 0 Å². The monoisotopic (exact) mass is 275 g/mol. The van der Waals surface area contributed by atoms with Crippen LogP contribution in [0.2, 0.25) is 0 Å². The molecule has 1 aliphatic rings. The first-order valence-corrected chi connectivity index (χ1v) is 7.37. The zero-order valence-electron chi connectivity index (χ0n) is 12.0. The van der Waals surface area contributed by atoms with Gasteiger partial charge in [0, 0.05) is 18.2 Å². The van der Waals surface area contributed by atoms with Crippen LogP contribution in [0, 0.1) is 17.1 Å². The first-order chi connectivity index (χ1) is 9.72. The minimum absolute atomic E-state index is 0.236. The maximum Gasteiger partial charge on any atom is 0.127 e. The summed E-state index contributed by atoms with van der Waals surface area (Å²) in [5, 5.41) is 12.3. The lowest BCUT2D eigenvalue weighted by molar-refractivity contribution is 0.197. The second-order valence-electron chi connectivity index (χ2n) is 5.41. The summed E-state index contributed by atoms with van der Waals surface area (Å²) in [5.41, 5.74) is 1.10. The molecule has 2 rings (SSSR count). The number of likely N-dealkylation sites (tertiary alicyclic amines) is 1. The molecule has 4 heteroatoms. The van der Waals surface area contributed by atoms with E-state index in [1.54, 1.807) is 6.07 Å². The van der Waals surface area contributed by atoms with Gasteiger partial charge in [0.2, 0.25) is 0 Å². The Kier molecular flexibility index (Phi) is 5.51. The van der Waals surface area contributed by atoms with E-state index in [9.17, 15) is 4.39 Å². The van der Waals surface area contributed by atoms with Gasteiger partial charge >= 0.3 is 0 Å². The average molecular weight is 275 g/mol. The molecule has 1 N–H and O–H groups in total. The Morgan fingerprint density at radius 2 is 2.15 bits per heavy atom. The number of nitrogens with zero attached hydrogens (tertiary/aromatic N) is 2. The van der Waals surface area contributed by atoms with Crippen molar-refractivity contribution < 1.29 is 4.39 Å². The Hall–Kier alpha value is -1.44. The molecule has 0 radical (unpaired) electrons. The maximum atomic E-state index is 13.7. The molecular weight excluding hydrogens is 253 g/mol. The molecule has 1 aromatic carbocycles. The van der Waals surface area contributed by atoms with Crippen molar-refractivity contribution in [2.75, 3.05) is 19.6 Å². The van der Waals surface area contributed by atoms with Gasteiger partial charge in [0.1, 0.15) is 5.82 Å². The van der Waals surface area contributed by atoms with Crippen LogP contribution >= 0.6 is 0 Å². The first kappa shape index (κ1) is 15.0. The summed E-state index contributed by atoms with van der Waals surface area (Å²) in [7, 11) is 0. The fraction of sp³-hybridized carbons (Fsp3) is 0.562. The van der Waals surface area contributed by atoms with E-state index in [0.717, 1.165) is 25.9 Å². The molecular formula is C16H22FN3. The Bertz CT molecular complexity index is 473. The van der Waals surface area contributed by atoms with Gasteiger partial charge in [0.15, 0.2) is 0 Å². The number of nitrogens with one attached hydrogen (secondary N) is 1. The summed E-state index contributed by atoms with van der Waals surface area (Å²) in [6.45, 7) is 6.11. The minimum atomic E-state index is -0.236. The number of hydrogen-bond donors (Lipinski definition) is 1. The lowest BCUT2D eigenvalue weighted by Crippen LogP contribution is -2.42. The zero-order valence-corrected chi connectivity index (χ0v) is 12.0. The second kappa shape index (κ2) is 7.37. The molecule has 0 amide bonds. The minimum Gasteiger partial charge on any atom is -0.310 e. The quantitative estimate of drug-likeness (QED) is 0.898. The molecule has 0 bridgehead atoms. The molecule has 1 fully saturated rings. The maximum absolute atomic E-state index is 13.7. The standard InChI is InChI=1S/C16H22FN3/c1-2-7-20-8-5-15(6-9-20)19-12-14-10-13(11-18)3-4-16(14)17/h3-4,10,15,19H,2,5-9,12H2,1H3. The molecule has 0 atom stereocenters. The Labute approximate surface area is 120 Å². The van der Waals surface area contributed by atoms with E-state index in [2.05, 4.69) is 23.2 Å². The van der Waals surface area contributed by atoms with Crippen LogP contribution in [0.1, 0.15) is 37.3 Å². The molecule has 3 nitrogen and oxygen atoms in total. The van der Waals surface area contributed by atoms with Crippen molar-refractivity contribution in [3.8, 4) is 6.07 Å². The number of hydrogen-bond acceptors (Lipinski definition) is 3. The highest BCUT2D eigenvalue weighted by molar-refractivity contribution is 5.33. The van der Waals surface area contributed by atoms with Crippen LogP contribution in [0.4, 0.5) is 4.39 Å². The third-order valence-electron chi connectivity index (χ3n) is 3.88. The van der Waals surface area contributed by atoms with Crippen LogP contribution in [-0.4, -0.2) is 30.6 Å². The first-order valence-electron chi connectivity index (χ1n) is 7.37. The van der Waals surface area contributed by atoms with Crippen LogP contribution in [-0.2, 0) is 6.54 Å². The summed E-state index contributed by atoms with van der Waals surface area (Å²) >= 11 is 0. The fourth-order valence-corrected chi connectivity index (χ4v) is 2.71. The lowest BCUT2D eigenvalue weighted by atomic mass is 10.0. The number of nitriles is 1. The summed E-state index contributed by atoms with van der Waals surface area (Å²) in [6, 6.07) is 7.03. The van der Waals surface area contributed by atoms with Crippen molar-refractivity contribution in [3.63, 3.8) is 0 Å². The number of piperidine rings is 1. The predicted octanol–water partition coefficient (Wildman–Crippen LogP) is 2.66. The molecule has 20 heavy (non-hydrogen) atoms. The van der Waals surface area contributed by atoms with Crippen molar-refractivity contribution in [2.24, 2.45) is 0 Å². The zero-order chi connectivity index (χ0) is 14.4. The normalized spacial score (nSPS) is 17.1.